The van der Waals surface area contributed by atoms with Crippen LogP contribution in [-0.4, -0.2) is 39.4 Å². The third-order valence-corrected chi connectivity index (χ3v) is 4.27. The van der Waals surface area contributed by atoms with Crippen LogP contribution < -0.4 is 32.0 Å². The fourth-order valence-corrected chi connectivity index (χ4v) is 2.84. The smallest absolute Gasteiger partial charge is 0.341 e. The van der Waals surface area contributed by atoms with Gasteiger partial charge in [0.05, 0.1) is 12.2 Å². The van der Waals surface area contributed by atoms with Crippen molar-refractivity contribution in [3.63, 3.8) is 0 Å². The van der Waals surface area contributed by atoms with Crippen molar-refractivity contribution in [3.8, 4) is 39.8 Å². The van der Waals surface area contributed by atoms with Gasteiger partial charge in [-0.05, 0) is 42.3 Å². The molecule has 0 aliphatic carbocycles. The Hall–Kier alpha value is -4.25. The molecule has 0 bridgehead atoms. The standard InChI is InChI=1S/C20H21N5O6/c1-2-30-14-7-10(11-4-6-13(26)15(8-11)31-9-16(27)28)3-5-12(14)18-23-19(25-22)17(21)20(29)24-18/h3-8,26H,2,9,21-22H2,1H3,(H,27,28)(H2,23,24,25,29). The quantitative estimate of drug-likeness (QED) is 0.227. The highest BCUT2D eigenvalue weighted by Crippen LogP contribution is 2.36. The fourth-order valence-electron chi connectivity index (χ4n) is 2.84. The first kappa shape index (κ1) is 21.5. The van der Waals surface area contributed by atoms with Crippen LogP contribution in [0.15, 0.2) is 41.2 Å². The number of nitrogens with two attached hydrogens (primary N) is 2. The number of benzene rings is 2. The Morgan fingerprint density at radius 3 is 2.48 bits per heavy atom. The number of aromatic nitrogens is 2. The number of phenols is 1. The van der Waals surface area contributed by atoms with E-state index in [1.165, 1.54) is 12.1 Å². The molecule has 0 saturated heterocycles. The lowest BCUT2D eigenvalue weighted by atomic mass is 10.0. The van der Waals surface area contributed by atoms with E-state index in [4.69, 9.17) is 26.2 Å². The minimum Gasteiger partial charge on any atom is -0.504 e. The van der Waals surface area contributed by atoms with Crippen LogP contribution in [-0.2, 0) is 4.79 Å². The van der Waals surface area contributed by atoms with Gasteiger partial charge in [-0.15, -0.1) is 0 Å². The van der Waals surface area contributed by atoms with E-state index in [0.717, 1.165) is 0 Å². The second kappa shape index (κ2) is 9.05. The predicted octanol–water partition coefficient (Wildman–Crippen LogP) is 1.54. The molecule has 162 valence electrons. The second-order valence-electron chi connectivity index (χ2n) is 6.33. The Balaban J connectivity index is 2.06. The lowest BCUT2D eigenvalue weighted by Crippen LogP contribution is -2.20. The van der Waals surface area contributed by atoms with Gasteiger partial charge in [0.25, 0.3) is 5.56 Å². The maximum absolute atomic E-state index is 12.1. The van der Waals surface area contributed by atoms with Crippen molar-refractivity contribution in [2.24, 2.45) is 5.84 Å². The molecule has 0 fully saturated rings. The number of nitrogen functional groups attached to an aromatic ring is 2. The molecule has 0 saturated carbocycles. The summed E-state index contributed by atoms with van der Waals surface area (Å²) in [5, 5.41) is 18.7. The van der Waals surface area contributed by atoms with Crippen LogP contribution in [0.2, 0.25) is 0 Å². The van der Waals surface area contributed by atoms with Crippen molar-refractivity contribution < 1.29 is 24.5 Å². The number of ether oxygens (including phenoxy) is 2. The first-order valence-electron chi connectivity index (χ1n) is 9.15. The first-order valence-corrected chi connectivity index (χ1v) is 9.15. The normalized spacial score (nSPS) is 10.5. The number of carbonyl (C=O) groups is 1. The van der Waals surface area contributed by atoms with Crippen molar-refractivity contribution in [2.75, 3.05) is 24.4 Å². The molecule has 0 aliphatic rings. The molecular weight excluding hydrogens is 406 g/mol. The van der Waals surface area contributed by atoms with E-state index in [1.807, 2.05) is 0 Å². The summed E-state index contributed by atoms with van der Waals surface area (Å²) in [6.07, 6.45) is 0. The van der Waals surface area contributed by atoms with Gasteiger partial charge in [-0.1, -0.05) is 12.1 Å². The van der Waals surface area contributed by atoms with Crippen LogP contribution in [0.4, 0.5) is 11.5 Å². The summed E-state index contributed by atoms with van der Waals surface area (Å²) >= 11 is 0. The molecule has 0 radical (unpaired) electrons. The zero-order chi connectivity index (χ0) is 22.5. The Bertz CT molecular complexity index is 1180. The second-order valence-corrected chi connectivity index (χ2v) is 6.33. The van der Waals surface area contributed by atoms with E-state index in [9.17, 15) is 14.7 Å². The summed E-state index contributed by atoms with van der Waals surface area (Å²) < 4.78 is 10.8. The number of phenolic OH excluding ortho intramolecular Hbond substituents is 1. The number of hydrazine groups is 1. The van der Waals surface area contributed by atoms with Gasteiger partial charge >= 0.3 is 5.97 Å². The third-order valence-electron chi connectivity index (χ3n) is 4.27. The molecule has 8 N–H and O–H groups in total. The molecule has 11 heteroatoms. The number of anilines is 2. The first-order chi connectivity index (χ1) is 14.8. The Morgan fingerprint density at radius 2 is 1.84 bits per heavy atom. The summed E-state index contributed by atoms with van der Waals surface area (Å²) in [5.41, 5.74) is 9.10. The molecule has 31 heavy (non-hydrogen) atoms. The predicted molar refractivity (Wildman–Crippen MR) is 114 cm³/mol. The summed E-state index contributed by atoms with van der Waals surface area (Å²) in [6.45, 7) is 1.56. The van der Waals surface area contributed by atoms with Gasteiger partial charge in [0.2, 0.25) is 0 Å². The van der Waals surface area contributed by atoms with E-state index >= 15 is 0 Å². The minimum atomic E-state index is -1.16. The number of nitrogens with zero attached hydrogens (tertiary/aromatic N) is 1. The number of carboxylic acid groups (broad SMARTS) is 1. The number of nitrogens with one attached hydrogen (secondary N) is 2. The fraction of sp³-hybridized carbons (Fsp3) is 0.150. The number of aliphatic carboxylic acids is 1. The Morgan fingerprint density at radius 1 is 1.16 bits per heavy atom. The topological polar surface area (TPSA) is 186 Å². The molecule has 0 spiro atoms. The number of rotatable bonds is 8. The van der Waals surface area contributed by atoms with E-state index in [0.29, 0.717) is 29.0 Å². The van der Waals surface area contributed by atoms with Gasteiger partial charge in [0, 0.05) is 0 Å². The molecule has 0 atom stereocenters. The molecule has 2 aromatic carbocycles. The molecule has 3 rings (SSSR count). The SMILES string of the molecule is CCOc1cc(-c2ccc(O)c(OCC(=O)O)c2)ccc1-c1nc(NN)c(N)c(=O)[nH]1. The number of hydrogen-bond acceptors (Lipinski definition) is 9. The van der Waals surface area contributed by atoms with Gasteiger partial charge in [-0.25, -0.2) is 15.6 Å². The Labute approximate surface area is 176 Å². The number of hydrogen-bond donors (Lipinski definition) is 6. The van der Waals surface area contributed by atoms with Crippen LogP contribution in [0, 0.1) is 0 Å². The summed E-state index contributed by atoms with van der Waals surface area (Å²) in [7, 11) is 0. The molecular formula is C20H21N5O6. The van der Waals surface area contributed by atoms with Crippen LogP contribution in [0.3, 0.4) is 0 Å². The van der Waals surface area contributed by atoms with Crippen molar-refractivity contribution in [1.29, 1.82) is 0 Å². The number of H-pyrrole nitrogens is 1. The zero-order valence-corrected chi connectivity index (χ0v) is 16.5. The Kier molecular flexibility index (Phi) is 6.26. The highest BCUT2D eigenvalue weighted by atomic mass is 16.5. The summed E-state index contributed by atoms with van der Waals surface area (Å²) in [4.78, 5) is 29.7. The maximum atomic E-state index is 12.1. The maximum Gasteiger partial charge on any atom is 0.341 e. The highest BCUT2D eigenvalue weighted by Gasteiger charge is 2.15. The van der Waals surface area contributed by atoms with Gasteiger partial charge in [0.15, 0.2) is 23.9 Å². The van der Waals surface area contributed by atoms with Gasteiger partial charge in [-0.2, -0.15) is 0 Å². The highest BCUT2D eigenvalue weighted by molar-refractivity contribution is 5.76. The van der Waals surface area contributed by atoms with Gasteiger partial charge in [-0.3, -0.25) is 4.79 Å². The lowest BCUT2D eigenvalue weighted by Gasteiger charge is -2.14. The average molecular weight is 427 g/mol. The summed E-state index contributed by atoms with van der Waals surface area (Å²) in [6, 6.07) is 9.73. The van der Waals surface area contributed by atoms with E-state index in [2.05, 4.69) is 15.4 Å². The van der Waals surface area contributed by atoms with Crippen LogP contribution >= 0.6 is 0 Å². The van der Waals surface area contributed by atoms with Crippen molar-refractivity contribution in [3.05, 3.63) is 46.8 Å². The van der Waals surface area contributed by atoms with Gasteiger partial charge in [0.1, 0.15) is 17.3 Å². The van der Waals surface area contributed by atoms with E-state index in [-0.39, 0.29) is 28.8 Å². The van der Waals surface area contributed by atoms with Gasteiger partial charge < -0.3 is 35.8 Å². The van der Waals surface area contributed by atoms with E-state index < -0.39 is 18.1 Å². The van der Waals surface area contributed by atoms with Crippen LogP contribution in [0.25, 0.3) is 22.5 Å². The third kappa shape index (κ3) is 4.67. The minimum absolute atomic E-state index is 0.0315. The lowest BCUT2D eigenvalue weighted by molar-refractivity contribution is -0.139. The van der Waals surface area contributed by atoms with Crippen molar-refractivity contribution in [2.45, 2.75) is 6.92 Å². The molecule has 0 aliphatic heterocycles. The number of aromatic amines is 1. The molecule has 1 heterocycles. The molecule has 0 unspecified atom stereocenters. The summed E-state index contributed by atoms with van der Waals surface area (Å²) in [5.74, 6) is 4.74. The molecule has 1 aromatic heterocycles. The molecule has 3 aromatic rings. The van der Waals surface area contributed by atoms with Crippen LogP contribution in [0.5, 0.6) is 17.2 Å². The molecule has 11 nitrogen and oxygen atoms in total. The monoisotopic (exact) mass is 427 g/mol. The average Bonchev–Trinajstić information content (AvgIpc) is 2.75. The largest absolute Gasteiger partial charge is 0.504 e. The van der Waals surface area contributed by atoms with E-state index in [1.54, 1.807) is 31.2 Å². The van der Waals surface area contributed by atoms with Crippen molar-refractivity contribution in [1.82, 2.24) is 9.97 Å². The number of aromatic hydroxyl groups is 1. The van der Waals surface area contributed by atoms with Crippen molar-refractivity contribution >= 4 is 17.5 Å². The molecule has 0 amide bonds. The zero-order valence-electron chi connectivity index (χ0n) is 16.5. The van der Waals surface area contributed by atoms with Crippen LogP contribution in [0.1, 0.15) is 6.92 Å². The number of carboxylic acids is 1.